The molecule has 0 aliphatic carbocycles. The zero-order valence-electron chi connectivity index (χ0n) is 10.7. The Bertz CT molecular complexity index is 573. The van der Waals surface area contributed by atoms with Crippen LogP contribution < -0.4 is 9.47 Å². The Morgan fingerprint density at radius 1 is 0.900 bits per heavy atom. The van der Waals surface area contributed by atoms with E-state index >= 15 is 0 Å². The van der Waals surface area contributed by atoms with E-state index in [1.165, 1.54) is 0 Å². The van der Waals surface area contributed by atoms with Crippen LogP contribution in [0, 0.1) is 0 Å². The highest BCUT2D eigenvalue weighted by Crippen LogP contribution is 2.27. The van der Waals surface area contributed by atoms with Crippen molar-refractivity contribution in [3.8, 4) is 11.5 Å². The zero-order chi connectivity index (χ0) is 14.4. The number of hydrogen-bond donors (Lipinski definition) is 1. The molecule has 3 nitrogen and oxygen atoms in total. The molecule has 2 aromatic rings. The Morgan fingerprint density at radius 2 is 1.60 bits per heavy atom. The summed E-state index contributed by atoms with van der Waals surface area (Å²) < 4.78 is 11.1. The predicted molar refractivity (Wildman–Crippen MR) is 79.8 cm³/mol. The second-order valence-electron chi connectivity index (χ2n) is 4.04. The number of para-hydroxylation sites is 1. The maximum atomic E-state index is 9.18. The minimum atomic E-state index is -0.0584. The lowest BCUT2D eigenvalue weighted by atomic mass is 10.2. The summed E-state index contributed by atoms with van der Waals surface area (Å²) in [6.07, 6.45) is 0. The summed E-state index contributed by atoms with van der Waals surface area (Å²) in [6, 6.07) is 12.4. The first-order valence-electron chi connectivity index (χ1n) is 6.10. The Labute approximate surface area is 127 Å². The number of halogens is 2. The van der Waals surface area contributed by atoms with E-state index in [1.54, 1.807) is 24.3 Å². The van der Waals surface area contributed by atoms with Crippen molar-refractivity contribution in [1.82, 2.24) is 0 Å². The summed E-state index contributed by atoms with van der Waals surface area (Å²) in [5.41, 5.74) is 0.744. The average Bonchev–Trinajstić information content (AvgIpc) is 2.47. The SMILES string of the molecule is OCc1ccccc1OCCOc1cc(Cl)ccc1Cl. The van der Waals surface area contributed by atoms with Gasteiger partial charge in [0, 0.05) is 16.7 Å². The fraction of sp³-hybridized carbons (Fsp3) is 0.200. The van der Waals surface area contributed by atoms with Crippen LogP contribution in [0.1, 0.15) is 5.56 Å². The maximum absolute atomic E-state index is 9.18. The molecule has 0 amide bonds. The van der Waals surface area contributed by atoms with Gasteiger partial charge in [0.15, 0.2) is 0 Å². The third-order valence-corrected chi connectivity index (χ3v) is 3.18. The summed E-state index contributed by atoms with van der Waals surface area (Å²) in [7, 11) is 0. The first-order valence-corrected chi connectivity index (χ1v) is 6.85. The van der Waals surface area contributed by atoms with E-state index < -0.39 is 0 Å². The van der Waals surface area contributed by atoms with Crippen molar-refractivity contribution in [2.75, 3.05) is 13.2 Å². The summed E-state index contributed by atoms with van der Waals surface area (Å²) >= 11 is 11.8. The van der Waals surface area contributed by atoms with Gasteiger partial charge in [0.2, 0.25) is 0 Å². The van der Waals surface area contributed by atoms with Gasteiger partial charge in [0.1, 0.15) is 24.7 Å². The molecular weight excluding hydrogens is 299 g/mol. The lowest BCUT2D eigenvalue weighted by molar-refractivity contribution is 0.210. The molecule has 0 heterocycles. The fourth-order valence-corrected chi connectivity index (χ4v) is 2.00. The van der Waals surface area contributed by atoms with E-state index in [2.05, 4.69) is 0 Å². The molecule has 0 bridgehead atoms. The van der Waals surface area contributed by atoms with E-state index in [1.807, 2.05) is 18.2 Å². The molecule has 2 aromatic carbocycles. The molecular formula is C15H14Cl2O3. The Balaban J connectivity index is 1.86. The third kappa shape index (κ3) is 4.04. The molecule has 0 fully saturated rings. The molecule has 106 valence electrons. The molecule has 20 heavy (non-hydrogen) atoms. The molecule has 0 spiro atoms. The Hall–Kier alpha value is -1.42. The van der Waals surface area contributed by atoms with Crippen LogP contribution in [0.4, 0.5) is 0 Å². The van der Waals surface area contributed by atoms with Crippen LogP contribution in [-0.2, 0) is 6.61 Å². The highest BCUT2D eigenvalue weighted by Gasteiger charge is 2.04. The monoisotopic (exact) mass is 312 g/mol. The van der Waals surface area contributed by atoms with E-state index in [-0.39, 0.29) is 6.61 Å². The average molecular weight is 313 g/mol. The zero-order valence-corrected chi connectivity index (χ0v) is 12.2. The number of hydrogen-bond acceptors (Lipinski definition) is 3. The van der Waals surface area contributed by atoms with Crippen molar-refractivity contribution in [1.29, 1.82) is 0 Å². The van der Waals surface area contributed by atoms with Crippen LogP contribution in [0.2, 0.25) is 10.0 Å². The quantitative estimate of drug-likeness (QED) is 0.821. The van der Waals surface area contributed by atoms with Gasteiger partial charge in [0.05, 0.1) is 11.6 Å². The number of ether oxygens (including phenoxy) is 2. The summed E-state index contributed by atoms with van der Waals surface area (Å²) in [5, 5.41) is 10.2. The van der Waals surface area contributed by atoms with Crippen LogP contribution in [0.15, 0.2) is 42.5 Å². The van der Waals surface area contributed by atoms with Crippen molar-refractivity contribution < 1.29 is 14.6 Å². The lowest BCUT2D eigenvalue weighted by Gasteiger charge is -2.11. The minimum absolute atomic E-state index is 0.0584. The Kier molecular flexibility index (Phi) is 5.53. The highest BCUT2D eigenvalue weighted by molar-refractivity contribution is 6.34. The van der Waals surface area contributed by atoms with Crippen molar-refractivity contribution in [3.63, 3.8) is 0 Å². The molecule has 0 aliphatic heterocycles. The molecule has 0 aliphatic rings. The van der Waals surface area contributed by atoms with Crippen LogP contribution in [-0.4, -0.2) is 18.3 Å². The molecule has 2 rings (SSSR count). The largest absolute Gasteiger partial charge is 0.490 e. The fourth-order valence-electron chi connectivity index (χ4n) is 1.67. The van der Waals surface area contributed by atoms with E-state index in [4.69, 9.17) is 32.7 Å². The standard InChI is InChI=1S/C15H14Cl2O3/c16-12-5-6-13(17)15(9-12)20-8-7-19-14-4-2-1-3-11(14)10-18/h1-6,9,18H,7-8,10H2. The molecule has 0 atom stereocenters. The van der Waals surface area contributed by atoms with Gasteiger partial charge in [-0.15, -0.1) is 0 Å². The van der Waals surface area contributed by atoms with Crippen LogP contribution in [0.25, 0.3) is 0 Å². The number of aliphatic hydroxyl groups excluding tert-OH is 1. The summed E-state index contributed by atoms with van der Waals surface area (Å²) in [6.45, 7) is 0.622. The van der Waals surface area contributed by atoms with E-state index in [0.717, 1.165) is 5.56 Å². The van der Waals surface area contributed by atoms with Crippen molar-refractivity contribution in [3.05, 3.63) is 58.1 Å². The highest BCUT2D eigenvalue weighted by atomic mass is 35.5. The molecule has 0 saturated heterocycles. The van der Waals surface area contributed by atoms with Crippen LogP contribution >= 0.6 is 23.2 Å². The molecule has 0 saturated carbocycles. The molecule has 0 aromatic heterocycles. The van der Waals surface area contributed by atoms with Crippen molar-refractivity contribution in [2.45, 2.75) is 6.61 Å². The minimum Gasteiger partial charge on any atom is -0.490 e. The summed E-state index contributed by atoms with van der Waals surface area (Å²) in [5.74, 6) is 1.18. The third-order valence-electron chi connectivity index (χ3n) is 2.63. The molecule has 0 radical (unpaired) electrons. The molecule has 5 heteroatoms. The first kappa shape index (κ1) is 15.0. The van der Waals surface area contributed by atoms with Gasteiger partial charge in [0.25, 0.3) is 0 Å². The maximum Gasteiger partial charge on any atom is 0.139 e. The summed E-state index contributed by atoms with van der Waals surface area (Å²) in [4.78, 5) is 0. The number of rotatable bonds is 6. The van der Waals surface area contributed by atoms with Crippen molar-refractivity contribution in [2.24, 2.45) is 0 Å². The van der Waals surface area contributed by atoms with Gasteiger partial charge in [-0.05, 0) is 18.2 Å². The van der Waals surface area contributed by atoms with Crippen molar-refractivity contribution >= 4 is 23.2 Å². The first-order chi connectivity index (χ1) is 9.70. The number of benzene rings is 2. The van der Waals surface area contributed by atoms with E-state index in [9.17, 15) is 5.11 Å². The topological polar surface area (TPSA) is 38.7 Å². The van der Waals surface area contributed by atoms with Gasteiger partial charge >= 0.3 is 0 Å². The van der Waals surface area contributed by atoms with Gasteiger partial charge in [-0.25, -0.2) is 0 Å². The second-order valence-corrected chi connectivity index (χ2v) is 4.88. The van der Waals surface area contributed by atoms with Gasteiger partial charge in [-0.1, -0.05) is 41.4 Å². The smallest absolute Gasteiger partial charge is 0.139 e. The van der Waals surface area contributed by atoms with Gasteiger partial charge in [-0.3, -0.25) is 0 Å². The Morgan fingerprint density at radius 3 is 2.35 bits per heavy atom. The number of aliphatic hydroxyl groups is 1. The van der Waals surface area contributed by atoms with E-state index in [0.29, 0.717) is 34.8 Å². The van der Waals surface area contributed by atoms with Crippen LogP contribution in [0.5, 0.6) is 11.5 Å². The van der Waals surface area contributed by atoms with Crippen LogP contribution in [0.3, 0.4) is 0 Å². The normalized spacial score (nSPS) is 10.3. The second kappa shape index (κ2) is 7.39. The van der Waals surface area contributed by atoms with Gasteiger partial charge in [-0.2, -0.15) is 0 Å². The molecule has 0 unspecified atom stereocenters. The lowest BCUT2D eigenvalue weighted by Crippen LogP contribution is -2.10. The molecule has 1 N–H and O–H groups in total. The van der Waals surface area contributed by atoms with Gasteiger partial charge < -0.3 is 14.6 Å². The predicted octanol–water partition coefficient (Wildman–Crippen LogP) is 3.94.